The van der Waals surface area contributed by atoms with Gasteiger partial charge in [0, 0.05) is 25.4 Å². The molecule has 3 heterocycles. The van der Waals surface area contributed by atoms with Crippen LogP contribution < -0.4 is 10.1 Å². The average Bonchev–Trinajstić information content (AvgIpc) is 3.59. The second-order valence-corrected chi connectivity index (χ2v) is 8.92. The number of hydrogen-bond acceptors (Lipinski definition) is 5. The number of aryl methyl sites for hydroxylation is 1. The van der Waals surface area contributed by atoms with Gasteiger partial charge in [-0.3, -0.25) is 0 Å². The summed E-state index contributed by atoms with van der Waals surface area (Å²) in [4.78, 5) is 18.9. The third kappa shape index (κ3) is 5.08. The van der Waals surface area contributed by atoms with Crippen molar-refractivity contribution in [2.75, 3.05) is 18.4 Å². The lowest BCUT2D eigenvalue weighted by Crippen LogP contribution is -2.42. The van der Waals surface area contributed by atoms with Crippen LogP contribution in [0, 0.1) is 12.8 Å². The Hall–Kier alpha value is -3.61. The molecule has 7 heteroatoms. The molecule has 1 saturated carbocycles. The molecule has 170 valence electrons. The fourth-order valence-corrected chi connectivity index (χ4v) is 4.17. The second kappa shape index (κ2) is 9.10. The molecule has 2 aromatic heterocycles. The highest BCUT2D eigenvalue weighted by molar-refractivity contribution is 5.89. The Bertz CT molecular complexity index is 1160. The summed E-state index contributed by atoms with van der Waals surface area (Å²) in [5.41, 5.74) is 4.32. The van der Waals surface area contributed by atoms with E-state index >= 15 is 0 Å². The maximum absolute atomic E-state index is 12.6. The molecule has 3 aromatic rings. The number of amides is 2. The zero-order chi connectivity index (χ0) is 22.8. The zero-order valence-corrected chi connectivity index (χ0v) is 19.0. The summed E-state index contributed by atoms with van der Waals surface area (Å²) in [6.45, 7) is 5.26. The number of hydrogen-bond donors (Lipinski definition) is 1. The van der Waals surface area contributed by atoms with Crippen LogP contribution in [-0.4, -0.2) is 34.2 Å². The number of nitrogens with one attached hydrogen (secondary N) is 1. The van der Waals surface area contributed by atoms with Crippen LogP contribution in [0.1, 0.15) is 49.0 Å². The van der Waals surface area contributed by atoms with E-state index in [9.17, 15) is 4.79 Å². The van der Waals surface area contributed by atoms with Crippen LogP contribution in [0.5, 0.6) is 11.6 Å². The van der Waals surface area contributed by atoms with E-state index in [4.69, 9.17) is 9.26 Å². The summed E-state index contributed by atoms with van der Waals surface area (Å²) < 4.78 is 11.0. The highest BCUT2D eigenvalue weighted by atomic mass is 16.5. The van der Waals surface area contributed by atoms with Gasteiger partial charge in [-0.15, -0.1) is 0 Å². The molecule has 0 radical (unpaired) electrons. The number of rotatable bonds is 5. The maximum atomic E-state index is 12.6. The minimum absolute atomic E-state index is 0.122. The molecule has 7 nitrogen and oxygen atoms in total. The first kappa shape index (κ1) is 21.2. The van der Waals surface area contributed by atoms with Gasteiger partial charge in [0.1, 0.15) is 11.4 Å². The molecular weight excluding hydrogens is 416 g/mol. The lowest BCUT2D eigenvalue weighted by Gasteiger charge is -2.33. The van der Waals surface area contributed by atoms with Crippen LogP contribution in [0.25, 0.3) is 6.08 Å². The summed E-state index contributed by atoms with van der Waals surface area (Å²) in [6, 6.07) is 12.0. The monoisotopic (exact) mass is 444 g/mol. The minimum Gasteiger partial charge on any atom is -0.439 e. The summed E-state index contributed by atoms with van der Waals surface area (Å²) in [5, 5.41) is 6.59. The van der Waals surface area contributed by atoms with E-state index in [0.29, 0.717) is 36.3 Å². The number of piperidine rings is 1. The molecule has 2 fully saturated rings. The molecule has 2 amide bonds. The van der Waals surface area contributed by atoms with E-state index in [2.05, 4.69) is 40.6 Å². The van der Waals surface area contributed by atoms with E-state index in [1.54, 1.807) is 6.92 Å². The van der Waals surface area contributed by atoms with Gasteiger partial charge in [-0.2, -0.15) is 0 Å². The van der Waals surface area contributed by atoms with Crippen molar-refractivity contribution in [1.82, 2.24) is 15.0 Å². The largest absolute Gasteiger partial charge is 0.439 e. The standard InChI is InChI=1S/C26H28N4O3/c1-17-16-30(26(31)29-24-15-28-33-18(24)2)11-10-21(17)12-19-4-3-5-23(13-19)32-25-9-8-22(14-27-25)20-6-7-20/h3-5,8-9,12-15,17,20H,6-7,10-11,16H2,1-2H3,(H,29,31)/b21-12+. The lowest BCUT2D eigenvalue weighted by atomic mass is 9.91. The van der Waals surface area contributed by atoms with E-state index < -0.39 is 0 Å². The van der Waals surface area contributed by atoms with Gasteiger partial charge in [0.15, 0.2) is 5.76 Å². The van der Waals surface area contributed by atoms with Crippen LogP contribution in [0.3, 0.4) is 0 Å². The molecule has 0 spiro atoms. The molecule has 1 unspecified atom stereocenters. The van der Waals surface area contributed by atoms with Crippen LogP contribution in [0.2, 0.25) is 0 Å². The first-order valence-electron chi connectivity index (χ1n) is 11.5. The van der Waals surface area contributed by atoms with Crippen LogP contribution in [-0.2, 0) is 0 Å². The number of pyridine rings is 1. The lowest BCUT2D eigenvalue weighted by molar-refractivity contribution is 0.197. The predicted molar refractivity (Wildman–Crippen MR) is 126 cm³/mol. The number of anilines is 1. The molecule has 1 N–H and O–H groups in total. The molecule has 1 aliphatic carbocycles. The predicted octanol–water partition coefficient (Wildman–Crippen LogP) is 6.01. The zero-order valence-electron chi connectivity index (χ0n) is 19.0. The number of ether oxygens (including phenoxy) is 1. The molecule has 0 bridgehead atoms. The molecule has 1 aromatic carbocycles. The van der Waals surface area contributed by atoms with Crippen LogP contribution in [0.15, 0.2) is 58.9 Å². The fourth-order valence-electron chi connectivity index (χ4n) is 4.17. The molecule has 1 atom stereocenters. The number of nitrogens with zero attached hydrogens (tertiary/aromatic N) is 3. The van der Waals surface area contributed by atoms with Crippen LogP contribution >= 0.6 is 0 Å². The normalized spacial score (nSPS) is 19.5. The summed E-state index contributed by atoms with van der Waals surface area (Å²) in [5.74, 6) is 2.93. The topological polar surface area (TPSA) is 80.5 Å². The summed E-state index contributed by atoms with van der Waals surface area (Å²) in [7, 11) is 0. The Morgan fingerprint density at radius 3 is 2.82 bits per heavy atom. The van der Waals surface area contributed by atoms with E-state index in [1.807, 2.05) is 35.4 Å². The Labute approximate surface area is 193 Å². The first-order chi connectivity index (χ1) is 16.0. The summed E-state index contributed by atoms with van der Waals surface area (Å²) >= 11 is 0. The molecule has 2 aliphatic rings. The van der Waals surface area contributed by atoms with E-state index in [0.717, 1.165) is 17.7 Å². The van der Waals surface area contributed by atoms with Gasteiger partial charge >= 0.3 is 6.03 Å². The van der Waals surface area contributed by atoms with Gasteiger partial charge in [0.25, 0.3) is 0 Å². The van der Waals surface area contributed by atoms with E-state index in [1.165, 1.54) is 30.2 Å². The molecule has 33 heavy (non-hydrogen) atoms. The highest BCUT2D eigenvalue weighted by Crippen LogP contribution is 2.40. The number of urea groups is 1. The molecular formula is C26H28N4O3. The minimum atomic E-state index is -0.122. The van der Waals surface area contributed by atoms with Crippen molar-refractivity contribution in [2.45, 2.75) is 39.0 Å². The van der Waals surface area contributed by atoms with Gasteiger partial charge < -0.3 is 19.5 Å². The molecule has 1 saturated heterocycles. The van der Waals surface area contributed by atoms with Gasteiger partial charge in [0.2, 0.25) is 5.88 Å². The Balaban J connectivity index is 1.21. The smallest absolute Gasteiger partial charge is 0.322 e. The van der Waals surface area contributed by atoms with Crippen molar-refractivity contribution in [3.8, 4) is 11.6 Å². The molecule has 5 rings (SSSR count). The Morgan fingerprint density at radius 2 is 2.12 bits per heavy atom. The van der Waals surface area contributed by atoms with Crippen molar-refractivity contribution in [1.29, 1.82) is 0 Å². The number of likely N-dealkylation sites (tertiary alicyclic amines) is 1. The van der Waals surface area contributed by atoms with Crippen molar-refractivity contribution in [2.24, 2.45) is 5.92 Å². The van der Waals surface area contributed by atoms with E-state index in [-0.39, 0.29) is 11.9 Å². The van der Waals surface area contributed by atoms with Gasteiger partial charge in [-0.25, -0.2) is 9.78 Å². The van der Waals surface area contributed by atoms with Crippen molar-refractivity contribution >= 4 is 17.8 Å². The third-order valence-electron chi connectivity index (χ3n) is 6.32. The van der Waals surface area contributed by atoms with Gasteiger partial charge in [0.05, 0.1) is 6.20 Å². The fraction of sp³-hybridized carbons (Fsp3) is 0.346. The first-order valence-corrected chi connectivity index (χ1v) is 11.5. The van der Waals surface area contributed by atoms with Gasteiger partial charge in [-0.05, 0) is 61.3 Å². The Morgan fingerprint density at radius 1 is 1.24 bits per heavy atom. The summed E-state index contributed by atoms with van der Waals surface area (Å²) in [6.07, 6.45) is 9.02. The maximum Gasteiger partial charge on any atom is 0.322 e. The van der Waals surface area contributed by atoms with Crippen LogP contribution in [0.4, 0.5) is 10.5 Å². The Kier molecular flexibility index (Phi) is 5.86. The third-order valence-corrected chi connectivity index (χ3v) is 6.32. The number of benzene rings is 1. The number of aromatic nitrogens is 2. The quantitative estimate of drug-likeness (QED) is 0.522. The van der Waals surface area contributed by atoms with Crippen molar-refractivity contribution in [3.63, 3.8) is 0 Å². The highest BCUT2D eigenvalue weighted by Gasteiger charge is 2.25. The van der Waals surface area contributed by atoms with Crippen molar-refractivity contribution < 1.29 is 14.1 Å². The number of carbonyl (C=O) groups excluding carboxylic acids is 1. The molecule has 1 aliphatic heterocycles. The second-order valence-electron chi connectivity index (χ2n) is 8.92. The van der Waals surface area contributed by atoms with Crippen molar-refractivity contribution in [3.05, 3.63) is 71.3 Å². The number of carbonyl (C=O) groups is 1. The average molecular weight is 445 g/mol. The van der Waals surface area contributed by atoms with Gasteiger partial charge in [-0.1, -0.05) is 41.9 Å². The SMILES string of the molecule is Cc1oncc1NC(=O)N1CC/C(=C\c2cccc(Oc3ccc(C4CC4)cn3)c2)C(C)C1.